The fraction of sp³-hybridized carbons (Fsp3) is 0.348. The number of hydrogen-bond donors (Lipinski definition) is 1. The largest absolute Gasteiger partial charge is 0.416 e. The van der Waals surface area contributed by atoms with Gasteiger partial charge >= 0.3 is 6.18 Å². The molecule has 8 nitrogen and oxygen atoms in total. The van der Waals surface area contributed by atoms with Gasteiger partial charge in [-0.2, -0.15) is 17.9 Å². The molecule has 1 aromatic carbocycles. The van der Waals surface area contributed by atoms with Crippen molar-refractivity contribution >= 4 is 23.4 Å². The molecule has 3 heterocycles. The van der Waals surface area contributed by atoms with Crippen molar-refractivity contribution < 1.29 is 22.8 Å². The molecule has 0 radical (unpaired) electrons. The predicted octanol–water partition coefficient (Wildman–Crippen LogP) is 4.37. The monoisotopic (exact) mass is 506 g/mol. The Kier molecular flexibility index (Phi) is 6.79. The van der Waals surface area contributed by atoms with Crippen LogP contribution in [0.1, 0.15) is 63.7 Å². The first-order chi connectivity index (χ1) is 16.5. The van der Waals surface area contributed by atoms with Crippen molar-refractivity contribution in [2.24, 2.45) is 0 Å². The van der Waals surface area contributed by atoms with E-state index in [4.69, 9.17) is 11.6 Å². The zero-order valence-corrected chi connectivity index (χ0v) is 19.7. The molecule has 2 amide bonds. The van der Waals surface area contributed by atoms with Gasteiger partial charge in [-0.3, -0.25) is 9.59 Å². The van der Waals surface area contributed by atoms with Gasteiger partial charge in [-0.25, -0.2) is 9.97 Å². The molecule has 0 spiro atoms. The third kappa shape index (κ3) is 5.45. The zero-order chi connectivity index (χ0) is 25.3. The predicted molar refractivity (Wildman–Crippen MR) is 121 cm³/mol. The number of halogens is 4. The topological polar surface area (TPSA) is 93.0 Å². The van der Waals surface area contributed by atoms with Gasteiger partial charge in [-0.05, 0) is 57.0 Å². The molecule has 1 saturated heterocycles. The van der Waals surface area contributed by atoms with Crippen molar-refractivity contribution in [1.29, 1.82) is 0 Å². The van der Waals surface area contributed by atoms with Crippen LogP contribution in [-0.4, -0.2) is 49.6 Å². The summed E-state index contributed by atoms with van der Waals surface area (Å²) in [6.45, 7) is 4.73. The quantitative estimate of drug-likeness (QED) is 0.554. The van der Waals surface area contributed by atoms with Crippen LogP contribution in [-0.2, 0) is 6.18 Å². The summed E-state index contributed by atoms with van der Waals surface area (Å²) in [4.78, 5) is 35.7. The number of alkyl halides is 3. The van der Waals surface area contributed by atoms with Crippen LogP contribution >= 0.6 is 11.6 Å². The van der Waals surface area contributed by atoms with E-state index in [1.807, 2.05) is 0 Å². The Morgan fingerprint density at radius 1 is 1.11 bits per heavy atom. The fourth-order valence-corrected chi connectivity index (χ4v) is 4.08. The van der Waals surface area contributed by atoms with E-state index >= 15 is 0 Å². The number of nitrogens with one attached hydrogen (secondary N) is 1. The molecule has 35 heavy (non-hydrogen) atoms. The molecule has 1 atom stereocenters. The number of likely N-dealkylation sites (tertiary alicyclic amines) is 1. The number of amides is 2. The molecule has 1 aliphatic heterocycles. The Bertz CT molecular complexity index is 1250. The molecule has 3 aromatic rings. The van der Waals surface area contributed by atoms with Crippen LogP contribution in [0.4, 0.5) is 13.2 Å². The standard InChI is InChI=1S/C23H22ClF3N6O2/c1-13(29-21(34)16-9-17(23(25,26)27)11-18(24)10-16)20-30-14(2)31-33(20)19-6-5-15(12-28-19)22(35)32-7-3-4-8-32/h5-6,9-13H,3-4,7-8H2,1-2H3,(H,29,34)/t13-/m0/s1. The van der Waals surface area contributed by atoms with Gasteiger partial charge in [0.1, 0.15) is 5.82 Å². The highest BCUT2D eigenvalue weighted by Crippen LogP contribution is 2.32. The molecule has 0 saturated carbocycles. The maximum Gasteiger partial charge on any atom is 0.416 e. The first-order valence-corrected chi connectivity index (χ1v) is 11.3. The van der Waals surface area contributed by atoms with E-state index in [0.717, 1.165) is 44.1 Å². The smallest absolute Gasteiger partial charge is 0.342 e. The third-order valence-corrected chi connectivity index (χ3v) is 5.78. The second-order valence-corrected chi connectivity index (χ2v) is 8.69. The van der Waals surface area contributed by atoms with E-state index < -0.39 is 23.7 Å². The number of pyridine rings is 1. The van der Waals surface area contributed by atoms with Crippen molar-refractivity contribution in [3.8, 4) is 5.82 Å². The Morgan fingerprint density at radius 2 is 1.83 bits per heavy atom. The third-order valence-electron chi connectivity index (χ3n) is 5.57. The van der Waals surface area contributed by atoms with E-state index in [-0.39, 0.29) is 16.5 Å². The average Bonchev–Trinajstić information content (AvgIpc) is 3.48. The van der Waals surface area contributed by atoms with Crippen LogP contribution < -0.4 is 5.32 Å². The molecular formula is C23H22ClF3N6O2. The van der Waals surface area contributed by atoms with Gasteiger partial charge < -0.3 is 10.2 Å². The van der Waals surface area contributed by atoms with E-state index in [2.05, 4.69) is 20.4 Å². The lowest BCUT2D eigenvalue weighted by Crippen LogP contribution is -2.29. The summed E-state index contributed by atoms with van der Waals surface area (Å²) in [5, 5.41) is 6.75. The highest BCUT2D eigenvalue weighted by atomic mass is 35.5. The van der Waals surface area contributed by atoms with Gasteiger partial charge in [0.05, 0.1) is 17.2 Å². The van der Waals surface area contributed by atoms with E-state index in [1.165, 1.54) is 10.9 Å². The Morgan fingerprint density at radius 3 is 2.46 bits per heavy atom. The fourth-order valence-electron chi connectivity index (χ4n) is 3.85. The number of hydrogen-bond acceptors (Lipinski definition) is 5. The lowest BCUT2D eigenvalue weighted by atomic mass is 10.1. The van der Waals surface area contributed by atoms with Gasteiger partial charge in [-0.1, -0.05) is 11.6 Å². The van der Waals surface area contributed by atoms with Crippen LogP contribution in [0.25, 0.3) is 5.82 Å². The van der Waals surface area contributed by atoms with Crippen molar-refractivity contribution in [2.45, 2.75) is 38.9 Å². The van der Waals surface area contributed by atoms with Gasteiger partial charge in [0.2, 0.25) is 0 Å². The first kappa shape index (κ1) is 24.6. The summed E-state index contributed by atoms with van der Waals surface area (Å²) in [6, 6.07) is 5.20. The van der Waals surface area contributed by atoms with Gasteiger partial charge in [-0.15, -0.1) is 5.10 Å². The van der Waals surface area contributed by atoms with Gasteiger partial charge in [0, 0.05) is 29.9 Å². The molecule has 0 aliphatic carbocycles. The summed E-state index contributed by atoms with van der Waals surface area (Å²) in [6.07, 6.45) is -1.22. The summed E-state index contributed by atoms with van der Waals surface area (Å²) < 4.78 is 40.7. The summed E-state index contributed by atoms with van der Waals surface area (Å²) >= 11 is 5.80. The van der Waals surface area contributed by atoms with Crippen molar-refractivity contribution in [3.05, 3.63) is 69.9 Å². The maximum absolute atomic E-state index is 13.1. The van der Waals surface area contributed by atoms with E-state index in [1.54, 1.807) is 30.9 Å². The van der Waals surface area contributed by atoms with Gasteiger partial charge in [0.25, 0.3) is 11.8 Å². The minimum atomic E-state index is -4.64. The van der Waals surface area contributed by atoms with Crippen molar-refractivity contribution in [2.75, 3.05) is 13.1 Å². The Labute approximate surface area is 204 Å². The molecule has 0 bridgehead atoms. The van der Waals surface area contributed by atoms with Crippen molar-refractivity contribution in [3.63, 3.8) is 0 Å². The van der Waals surface area contributed by atoms with Crippen LogP contribution in [0.3, 0.4) is 0 Å². The lowest BCUT2D eigenvalue weighted by Gasteiger charge is -2.16. The Balaban J connectivity index is 1.54. The second kappa shape index (κ2) is 9.65. The second-order valence-electron chi connectivity index (χ2n) is 8.25. The molecular weight excluding hydrogens is 485 g/mol. The molecule has 2 aromatic heterocycles. The normalized spacial score (nSPS) is 14.7. The molecule has 12 heteroatoms. The average molecular weight is 507 g/mol. The van der Waals surface area contributed by atoms with Gasteiger partial charge in [0.15, 0.2) is 11.6 Å². The zero-order valence-electron chi connectivity index (χ0n) is 18.9. The summed E-state index contributed by atoms with van der Waals surface area (Å²) in [5.74, 6) is 0.262. The molecule has 184 valence electrons. The lowest BCUT2D eigenvalue weighted by molar-refractivity contribution is -0.137. The van der Waals surface area contributed by atoms with E-state index in [0.29, 0.717) is 23.0 Å². The highest BCUT2D eigenvalue weighted by molar-refractivity contribution is 6.31. The number of rotatable bonds is 5. The number of aryl methyl sites for hydroxylation is 1. The van der Waals surface area contributed by atoms with Crippen LogP contribution in [0.2, 0.25) is 5.02 Å². The minimum Gasteiger partial charge on any atom is -0.342 e. The molecule has 1 aliphatic rings. The maximum atomic E-state index is 13.1. The van der Waals surface area contributed by atoms with E-state index in [9.17, 15) is 22.8 Å². The highest BCUT2D eigenvalue weighted by Gasteiger charge is 2.32. The summed E-state index contributed by atoms with van der Waals surface area (Å²) in [5.41, 5.74) is -0.797. The number of carbonyl (C=O) groups excluding carboxylic acids is 2. The number of aromatic nitrogens is 4. The molecule has 1 N–H and O–H groups in total. The SMILES string of the molecule is Cc1nc([C@H](C)NC(=O)c2cc(Cl)cc(C(F)(F)F)c2)n(-c2ccc(C(=O)N3CCCC3)cn2)n1. The molecule has 4 rings (SSSR count). The van der Waals surface area contributed by atoms with Crippen molar-refractivity contribution in [1.82, 2.24) is 30.0 Å². The first-order valence-electron chi connectivity index (χ1n) is 10.9. The van der Waals surface area contributed by atoms with Crippen LogP contribution in [0.5, 0.6) is 0 Å². The van der Waals surface area contributed by atoms with Crippen LogP contribution in [0.15, 0.2) is 36.5 Å². The number of nitrogens with zero attached hydrogens (tertiary/aromatic N) is 5. The number of carbonyl (C=O) groups is 2. The molecule has 1 fully saturated rings. The minimum absolute atomic E-state index is 0.0862. The van der Waals surface area contributed by atoms with Crippen LogP contribution in [0, 0.1) is 6.92 Å². The molecule has 0 unspecified atom stereocenters. The Hall–Kier alpha value is -3.47. The summed E-state index contributed by atoms with van der Waals surface area (Å²) in [7, 11) is 0. The number of benzene rings is 1.